The van der Waals surface area contributed by atoms with E-state index in [1.807, 2.05) is 0 Å². The Morgan fingerprint density at radius 1 is 1.18 bits per heavy atom. The molecule has 17 heavy (non-hydrogen) atoms. The van der Waals surface area contributed by atoms with Crippen LogP contribution in [0.15, 0.2) is 24.3 Å². The number of hydrogen-bond acceptors (Lipinski definition) is 2. The molecule has 0 spiro atoms. The molecular weight excluding hydrogens is 210 g/mol. The highest BCUT2D eigenvalue weighted by Gasteiger charge is 2.28. The van der Waals surface area contributed by atoms with E-state index in [1.54, 1.807) is 0 Å². The van der Waals surface area contributed by atoms with Crippen molar-refractivity contribution in [2.75, 3.05) is 0 Å². The van der Waals surface area contributed by atoms with Gasteiger partial charge in [-0.1, -0.05) is 12.1 Å². The van der Waals surface area contributed by atoms with Crippen LogP contribution in [0.5, 0.6) is 0 Å². The quantitative estimate of drug-likeness (QED) is 0.870. The van der Waals surface area contributed by atoms with E-state index in [-0.39, 0.29) is 0 Å². The number of aromatic nitrogens is 2. The van der Waals surface area contributed by atoms with Crippen molar-refractivity contribution >= 4 is 11.0 Å². The third-order valence-corrected chi connectivity index (χ3v) is 3.71. The molecule has 0 atom stereocenters. The predicted molar refractivity (Wildman–Crippen MR) is 67.9 cm³/mol. The molecule has 88 valence electrons. The molecule has 1 heterocycles. The molecule has 4 rings (SSSR count). The number of hydrogen-bond donors (Lipinski definition) is 1. The summed E-state index contributed by atoms with van der Waals surface area (Å²) in [6.07, 6.45) is 5.31. The van der Waals surface area contributed by atoms with Gasteiger partial charge in [0.25, 0.3) is 0 Å². The van der Waals surface area contributed by atoms with Crippen molar-refractivity contribution in [2.45, 2.75) is 44.3 Å². The Morgan fingerprint density at radius 3 is 2.76 bits per heavy atom. The van der Waals surface area contributed by atoms with Crippen molar-refractivity contribution in [1.29, 1.82) is 0 Å². The molecule has 1 aromatic heterocycles. The van der Waals surface area contributed by atoms with Crippen LogP contribution in [0.1, 0.15) is 37.5 Å². The lowest BCUT2D eigenvalue weighted by molar-refractivity contribution is 0.611. The zero-order valence-corrected chi connectivity index (χ0v) is 9.89. The van der Waals surface area contributed by atoms with E-state index >= 15 is 0 Å². The maximum atomic E-state index is 4.77. The second-order valence-electron chi connectivity index (χ2n) is 5.27. The van der Waals surface area contributed by atoms with E-state index in [4.69, 9.17) is 4.98 Å². The van der Waals surface area contributed by atoms with Crippen LogP contribution in [0.2, 0.25) is 0 Å². The summed E-state index contributed by atoms with van der Waals surface area (Å²) in [6, 6.07) is 9.96. The number of fused-ring (bicyclic) bond motifs is 1. The lowest BCUT2D eigenvalue weighted by Crippen LogP contribution is -2.18. The van der Waals surface area contributed by atoms with Gasteiger partial charge in [-0.05, 0) is 37.8 Å². The normalized spacial score (nSPS) is 20.0. The minimum Gasteiger partial charge on any atom is -0.324 e. The van der Waals surface area contributed by atoms with Crippen LogP contribution in [0, 0.1) is 0 Å². The van der Waals surface area contributed by atoms with Gasteiger partial charge in [-0.3, -0.25) is 0 Å². The number of benzene rings is 1. The van der Waals surface area contributed by atoms with E-state index < -0.39 is 0 Å². The van der Waals surface area contributed by atoms with Crippen LogP contribution in [-0.2, 0) is 6.54 Å². The fraction of sp³-hybridized carbons (Fsp3) is 0.500. The molecule has 2 fully saturated rings. The van der Waals surface area contributed by atoms with Crippen LogP contribution in [0.25, 0.3) is 11.0 Å². The average molecular weight is 227 g/mol. The predicted octanol–water partition coefficient (Wildman–Crippen LogP) is 2.62. The fourth-order valence-electron chi connectivity index (χ4n) is 2.48. The van der Waals surface area contributed by atoms with Crippen LogP contribution < -0.4 is 5.32 Å². The number of nitrogens with zero attached hydrogens (tertiary/aromatic N) is 2. The monoisotopic (exact) mass is 227 g/mol. The second kappa shape index (κ2) is 3.57. The van der Waals surface area contributed by atoms with Gasteiger partial charge in [0, 0.05) is 12.1 Å². The fourth-order valence-corrected chi connectivity index (χ4v) is 2.48. The van der Waals surface area contributed by atoms with Gasteiger partial charge in [-0.2, -0.15) is 0 Å². The molecule has 0 aliphatic heterocycles. The highest BCUT2D eigenvalue weighted by Crippen LogP contribution is 2.38. The third-order valence-electron chi connectivity index (χ3n) is 3.71. The molecule has 0 saturated heterocycles. The Morgan fingerprint density at radius 2 is 2.00 bits per heavy atom. The molecular formula is C14H17N3. The number of imidazole rings is 1. The van der Waals surface area contributed by atoms with E-state index in [9.17, 15) is 0 Å². The van der Waals surface area contributed by atoms with Crippen LogP contribution >= 0.6 is 0 Å². The summed E-state index contributed by atoms with van der Waals surface area (Å²) < 4.78 is 2.45. The van der Waals surface area contributed by atoms with Gasteiger partial charge in [0.1, 0.15) is 5.82 Å². The van der Waals surface area contributed by atoms with Crippen molar-refractivity contribution < 1.29 is 0 Å². The first-order valence-corrected chi connectivity index (χ1v) is 6.61. The zero-order valence-electron chi connectivity index (χ0n) is 9.89. The molecule has 1 N–H and O–H groups in total. The van der Waals surface area contributed by atoms with Gasteiger partial charge in [0.15, 0.2) is 0 Å². The topological polar surface area (TPSA) is 29.9 Å². The van der Waals surface area contributed by atoms with Crippen molar-refractivity contribution in [3.8, 4) is 0 Å². The van der Waals surface area contributed by atoms with E-state index in [1.165, 1.54) is 37.0 Å². The summed E-state index contributed by atoms with van der Waals surface area (Å²) in [4.78, 5) is 4.77. The minimum absolute atomic E-state index is 0.707. The standard InChI is InChI=1S/C14H17N3/c1-2-4-13-12(3-1)16-14(9-15-10-5-6-10)17(13)11-7-8-11/h1-4,10-11,15H,5-9H2. The summed E-state index contributed by atoms with van der Waals surface area (Å²) in [5.74, 6) is 1.22. The van der Waals surface area contributed by atoms with Crippen LogP contribution in [0.3, 0.4) is 0 Å². The van der Waals surface area contributed by atoms with Crippen molar-refractivity contribution in [3.05, 3.63) is 30.1 Å². The van der Waals surface area contributed by atoms with E-state index in [0.29, 0.717) is 6.04 Å². The van der Waals surface area contributed by atoms with E-state index in [0.717, 1.165) is 18.1 Å². The summed E-state index contributed by atoms with van der Waals surface area (Å²) in [7, 11) is 0. The molecule has 0 amide bonds. The summed E-state index contributed by atoms with van der Waals surface area (Å²) in [6.45, 7) is 0.926. The lowest BCUT2D eigenvalue weighted by atomic mass is 10.3. The molecule has 1 aromatic carbocycles. The highest BCUT2D eigenvalue weighted by molar-refractivity contribution is 5.76. The smallest absolute Gasteiger partial charge is 0.124 e. The zero-order chi connectivity index (χ0) is 11.2. The number of rotatable bonds is 4. The molecule has 0 radical (unpaired) electrons. The van der Waals surface area contributed by atoms with Crippen molar-refractivity contribution in [3.63, 3.8) is 0 Å². The van der Waals surface area contributed by atoms with Gasteiger partial charge in [-0.15, -0.1) is 0 Å². The van der Waals surface area contributed by atoms with Crippen molar-refractivity contribution in [2.24, 2.45) is 0 Å². The minimum atomic E-state index is 0.707. The van der Waals surface area contributed by atoms with Gasteiger partial charge >= 0.3 is 0 Å². The summed E-state index contributed by atoms with van der Waals surface area (Å²) in [5, 5.41) is 3.57. The first-order chi connectivity index (χ1) is 8.42. The first-order valence-electron chi connectivity index (χ1n) is 6.61. The molecule has 2 aliphatic rings. The summed E-state index contributed by atoms with van der Waals surface area (Å²) >= 11 is 0. The number of nitrogens with one attached hydrogen (secondary N) is 1. The van der Waals surface area contributed by atoms with Crippen molar-refractivity contribution in [1.82, 2.24) is 14.9 Å². The lowest BCUT2D eigenvalue weighted by Gasteiger charge is -2.07. The Hall–Kier alpha value is -1.35. The molecule has 0 unspecified atom stereocenters. The van der Waals surface area contributed by atoms with Crippen LogP contribution in [0.4, 0.5) is 0 Å². The Bertz CT molecular complexity index is 550. The molecule has 2 saturated carbocycles. The molecule has 3 nitrogen and oxygen atoms in total. The van der Waals surface area contributed by atoms with E-state index in [2.05, 4.69) is 34.1 Å². The molecule has 0 bridgehead atoms. The largest absolute Gasteiger partial charge is 0.324 e. The maximum absolute atomic E-state index is 4.77. The van der Waals surface area contributed by atoms with Gasteiger partial charge in [0.05, 0.1) is 17.6 Å². The Labute approximate surface area is 101 Å². The Kier molecular flexibility index (Phi) is 2.03. The van der Waals surface area contributed by atoms with Crippen LogP contribution in [-0.4, -0.2) is 15.6 Å². The van der Waals surface area contributed by atoms with Gasteiger partial charge in [0.2, 0.25) is 0 Å². The van der Waals surface area contributed by atoms with Gasteiger partial charge < -0.3 is 9.88 Å². The second-order valence-corrected chi connectivity index (χ2v) is 5.27. The average Bonchev–Trinajstić information content (AvgIpc) is 3.24. The SMILES string of the molecule is c1ccc2c(c1)nc(CNC1CC1)n2C1CC1. The van der Waals surface area contributed by atoms with Gasteiger partial charge in [-0.25, -0.2) is 4.98 Å². The number of para-hydroxylation sites is 2. The summed E-state index contributed by atoms with van der Waals surface area (Å²) in [5.41, 5.74) is 2.45. The third kappa shape index (κ3) is 1.75. The highest BCUT2D eigenvalue weighted by atomic mass is 15.2. The molecule has 2 aromatic rings. The molecule has 3 heteroatoms. The Balaban J connectivity index is 1.74. The first kappa shape index (κ1) is 9.66. The maximum Gasteiger partial charge on any atom is 0.124 e. The molecule has 2 aliphatic carbocycles.